The van der Waals surface area contributed by atoms with Gasteiger partial charge in [-0.3, -0.25) is 0 Å². The maximum Gasteiger partial charge on any atom is 0.150 e. The van der Waals surface area contributed by atoms with Crippen LogP contribution in [0.25, 0.3) is 22.0 Å². The lowest BCUT2D eigenvalue weighted by atomic mass is 10.0. The van der Waals surface area contributed by atoms with E-state index in [1.807, 2.05) is 29.9 Å². The highest BCUT2D eigenvalue weighted by molar-refractivity contribution is 5.97. The number of rotatable bonds is 3. The van der Waals surface area contributed by atoms with Gasteiger partial charge in [-0.05, 0) is 49.9 Å². The van der Waals surface area contributed by atoms with E-state index >= 15 is 0 Å². The Bertz CT molecular complexity index is 866. The molecule has 1 aliphatic heterocycles. The molecule has 2 aromatic heterocycles. The molecule has 4 rings (SSSR count). The molecular weight excluding hydrogens is 302 g/mol. The maximum absolute atomic E-state index is 5.82. The second-order valence-electron chi connectivity index (χ2n) is 6.19. The van der Waals surface area contributed by atoms with E-state index in [-0.39, 0.29) is 6.23 Å². The average molecular weight is 323 g/mol. The second kappa shape index (κ2) is 6.24. The van der Waals surface area contributed by atoms with E-state index in [0.717, 1.165) is 52.9 Å². The van der Waals surface area contributed by atoms with Gasteiger partial charge in [-0.1, -0.05) is 6.07 Å². The SMILES string of the molecule is COc1ccc(-c2cnn([C@H]3CCCCO3)c2)c2ccc(C)nc12. The highest BCUT2D eigenvalue weighted by atomic mass is 16.5. The van der Waals surface area contributed by atoms with E-state index in [0.29, 0.717) is 0 Å². The number of fused-ring (bicyclic) bond motifs is 1. The van der Waals surface area contributed by atoms with Crippen molar-refractivity contribution in [1.29, 1.82) is 0 Å². The Morgan fingerprint density at radius 2 is 2.12 bits per heavy atom. The molecule has 0 unspecified atom stereocenters. The monoisotopic (exact) mass is 323 g/mol. The third-order valence-electron chi connectivity index (χ3n) is 4.54. The number of methoxy groups -OCH3 is 1. The first-order valence-corrected chi connectivity index (χ1v) is 8.37. The van der Waals surface area contributed by atoms with Crippen molar-refractivity contribution in [3.8, 4) is 16.9 Å². The van der Waals surface area contributed by atoms with Gasteiger partial charge in [0.25, 0.3) is 0 Å². The van der Waals surface area contributed by atoms with Gasteiger partial charge >= 0.3 is 0 Å². The maximum atomic E-state index is 5.82. The molecule has 1 aliphatic rings. The third kappa shape index (κ3) is 2.65. The van der Waals surface area contributed by atoms with Crippen LogP contribution in [0, 0.1) is 6.92 Å². The summed E-state index contributed by atoms with van der Waals surface area (Å²) in [6.45, 7) is 2.80. The van der Waals surface area contributed by atoms with Gasteiger partial charge in [0.15, 0.2) is 0 Å². The summed E-state index contributed by atoms with van der Waals surface area (Å²) in [6.07, 6.45) is 7.37. The molecule has 0 aliphatic carbocycles. The smallest absolute Gasteiger partial charge is 0.150 e. The number of aryl methyl sites for hydroxylation is 1. The van der Waals surface area contributed by atoms with E-state index < -0.39 is 0 Å². The topological polar surface area (TPSA) is 49.2 Å². The van der Waals surface area contributed by atoms with Gasteiger partial charge in [0.05, 0.1) is 13.3 Å². The normalized spacial score (nSPS) is 18.0. The van der Waals surface area contributed by atoms with E-state index in [1.165, 1.54) is 6.42 Å². The van der Waals surface area contributed by atoms with Gasteiger partial charge in [-0.15, -0.1) is 0 Å². The van der Waals surface area contributed by atoms with Gasteiger partial charge in [0.1, 0.15) is 17.5 Å². The molecule has 124 valence electrons. The molecule has 0 N–H and O–H groups in total. The fraction of sp³-hybridized carbons (Fsp3) is 0.368. The van der Waals surface area contributed by atoms with E-state index in [2.05, 4.69) is 28.4 Å². The zero-order chi connectivity index (χ0) is 16.5. The van der Waals surface area contributed by atoms with Crippen molar-refractivity contribution >= 4 is 10.9 Å². The lowest BCUT2D eigenvalue weighted by Gasteiger charge is -2.22. The van der Waals surface area contributed by atoms with Crippen LogP contribution >= 0.6 is 0 Å². The summed E-state index contributed by atoms with van der Waals surface area (Å²) in [7, 11) is 1.68. The molecule has 0 saturated carbocycles. The van der Waals surface area contributed by atoms with Crippen LogP contribution in [0.15, 0.2) is 36.7 Å². The molecule has 5 heteroatoms. The zero-order valence-corrected chi connectivity index (χ0v) is 14.0. The number of ether oxygens (including phenoxy) is 2. The average Bonchev–Trinajstić information content (AvgIpc) is 3.11. The molecule has 1 saturated heterocycles. The summed E-state index contributed by atoms with van der Waals surface area (Å²) in [5, 5.41) is 5.60. The lowest BCUT2D eigenvalue weighted by molar-refractivity contribution is -0.0394. The first-order valence-electron chi connectivity index (χ1n) is 8.37. The van der Waals surface area contributed by atoms with Gasteiger partial charge in [0.2, 0.25) is 0 Å². The van der Waals surface area contributed by atoms with Crippen molar-refractivity contribution in [2.75, 3.05) is 13.7 Å². The first-order chi connectivity index (χ1) is 11.8. The molecule has 1 atom stereocenters. The standard InChI is InChI=1S/C19H21N3O2/c1-13-6-7-16-15(8-9-17(23-2)19(16)21-13)14-11-20-22(12-14)18-5-3-4-10-24-18/h6-9,11-12,18H,3-5,10H2,1-2H3/t18-/m1/s1. The summed E-state index contributed by atoms with van der Waals surface area (Å²) >= 11 is 0. The lowest BCUT2D eigenvalue weighted by Crippen LogP contribution is -2.18. The van der Waals surface area contributed by atoms with Crippen LogP contribution in [-0.4, -0.2) is 28.5 Å². The minimum Gasteiger partial charge on any atom is -0.494 e. The summed E-state index contributed by atoms with van der Waals surface area (Å²) in [5.74, 6) is 0.792. The third-order valence-corrected chi connectivity index (χ3v) is 4.54. The van der Waals surface area contributed by atoms with Crippen molar-refractivity contribution in [1.82, 2.24) is 14.8 Å². The Kier molecular flexibility index (Phi) is 3.94. The van der Waals surface area contributed by atoms with Gasteiger partial charge in [-0.25, -0.2) is 9.67 Å². The molecule has 3 heterocycles. The van der Waals surface area contributed by atoms with Gasteiger partial charge in [0, 0.05) is 29.4 Å². The predicted octanol–water partition coefficient (Wildman–Crippen LogP) is 4.11. The Labute approximate surface area is 141 Å². The molecule has 0 spiro atoms. The summed E-state index contributed by atoms with van der Waals surface area (Å²) in [4.78, 5) is 4.65. The Morgan fingerprint density at radius 1 is 1.21 bits per heavy atom. The molecule has 0 radical (unpaired) electrons. The molecule has 3 aromatic rings. The van der Waals surface area contributed by atoms with Gasteiger partial charge < -0.3 is 9.47 Å². The van der Waals surface area contributed by atoms with Crippen molar-refractivity contribution in [2.45, 2.75) is 32.4 Å². The molecule has 1 fully saturated rings. The Hall–Kier alpha value is -2.40. The fourth-order valence-corrected chi connectivity index (χ4v) is 3.27. The second-order valence-corrected chi connectivity index (χ2v) is 6.19. The largest absolute Gasteiger partial charge is 0.494 e. The van der Waals surface area contributed by atoms with E-state index in [1.54, 1.807) is 7.11 Å². The highest BCUT2D eigenvalue weighted by Gasteiger charge is 2.18. The number of benzene rings is 1. The predicted molar refractivity (Wildman–Crippen MR) is 93.1 cm³/mol. The van der Waals surface area contributed by atoms with Crippen LogP contribution in [0.5, 0.6) is 5.75 Å². The van der Waals surface area contributed by atoms with Crippen LogP contribution in [-0.2, 0) is 4.74 Å². The number of aromatic nitrogens is 3. The van der Waals surface area contributed by atoms with Crippen LogP contribution in [0.1, 0.15) is 31.2 Å². The van der Waals surface area contributed by atoms with Crippen molar-refractivity contribution in [3.05, 3.63) is 42.4 Å². The van der Waals surface area contributed by atoms with Crippen molar-refractivity contribution in [2.24, 2.45) is 0 Å². The van der Waals surface area contributed by atoms with Gasteiger partial charge in [-0.2, -0.15) is 5.10 Å². The quantitative estimate of drug-likeness (QED) is 0.727. The van der Waals surface area contributed by atoms with Crippen LogP contribution in [0.2, 0.25) is 0 Å². The van der Waals surface area contributed by atoms with E-state index in [9.17, 15) is 0 Å². The van der Waals surface area contributed by atoms with E-state index in [4.69, 9.17) is 9.47 Å². The number of hydrogen-bond acceptors (Lipinski definition) is 4. The van der Waals surface area contributed by atoms with Crippen LogP contribution < -0.4 is 4.74 Å². The minimum atomic E-state index is 0.0531. The van der Waals surface area contributed by atoms with Crippen LogP contribution in [0.3, 0.4) is 0 Å². The van der Waals surface area contributed by atoms with Crippen LogP contribution in [0.4, 0.5) is 0 Å². The highest BCUT2D eigenvalue weighted by Crippen LogP contribution is 2.34. The first kappa shape index (κ1) is 15.1. The Morgan fingerprint density at radius 3 is 2.92 bits per heavy atom. The summed E-state index contributed by atoms with van der Waals surface area (Å²) in [5.41, 5.74) is 4.05. The minimum absolute atomic E-state index is 0.0531. The van der Waals surface area contributed by atoms with Crippen molar-refractivity contribution in [3.63, 3.8) is 0 Å². The number of pyridine rings is 1. The zero-order valence-electron chi connectivity index (χ0n) is 14.0. The Balaban J connectivity index is 1.78. The molecule has 24 heavy (non-hydrogen) atoms. The summed E-state index contributed by atoms with van der Waals surface area (Å²) in [6, 6.07) is 8.17. The summed E-state index contributed by atoms with van der Waals surface area (Å²) < 4.78 is 13.2. The number of hydrogen-bond donors (Lipinski definition) is 0. The van der Waals surface area contributed by atoms with Crippen molar-refractivity contribution < 1.29 is 9.47 Å². The molecule has 0 amide bonds. The fourth-order valence-electron chi connectivity index (χ4n) is 3.27. The molecule has 1 aromatic carbocycles. The molecule has 0 bridgehead atoms. The molecular formula is C19H21N3O2. The molecule has 5 nitrogen and oxygen atoms in total. The number of nitrogens with zero attached hydrogens (tertiary/aromatic N) is 3.